The molecule has 0 fully saturated rings. The van der Waals surface area contributed by atoms with Crippen LogP contribution in [0.25, 0.3) is 0 Å². The number of nitrogens with one attached hydrogen (secondary N) is 1. The fourth-order valence-corrected chi connectivity index (χ4v) is 3.14. The Morgan fingerprint density at radius 3 is 2.25 bits per heavy atom. The number of amides is 1. The second-order valence-electron chi connectivity index (χ2n) is 5.65. The molecule has 1 heterocycles. The number of rotatable bonds is 3. The summed E-state index contributed by atoms with van der Waals surface area (Å²) in [6, 6.07) is 24.9. The summed E-state index contributed by atoms with van der Waals surface area (Å²) in [6.07, 6.45) is -0.253. The molecular weight excluding hydrogens is 320 g/mol. The number of nitrogens with zero attached hydrogens (tertiary/aromatic N) is 1. The molecule has 1 aliphatic heterocycles. The van der Waals surface area contributed by atoms with Gasteiger partial charge in [0.2, 0.25) is 0 Å². The Balaban J connectivity index is 1.79. The van der Waals surface area contributed by atoms with Gasteiger partial charge in [0.25, 0.3) is 5.91 Å². The molecule has 3 aromatic carbocycles. The van der Waals surface area contributed by atoms with E-state index in [-0.39, 0.29) is 12.1 Å². The lowest BCUT2D eigenvalue weighted by Crippen LogP contribution is -2.32. The minimum Gasteiger partial charge on any atom is -0.361 e. The van der Waals surface area contributed by atoms with Crippen LogP contribution in [0.15, 0.2) is 78.9 Å². The van der Waals surface area contributed by atoms with Crippen molar-refractivity contribution in [2.75, 3.05) is 10.2 Å². The first-order chi connectivity index (χ1) is 11.7. The third kappa shape index (κ3) is 2.53. The van der Waals surface area contributed by atoms with Gasteiger partial charge in [-0.15, -0.1) is 0 Å². The molecule has 1 aliphatic rings. The van der Waals surface area contributed by atoms with Crippen LogP contribution in [-0.4, -0.2) is 5.91 Å². The highest BCUT2D eigenvalue weighted by Gasteiger charge is 2.37. The van der Waals surface area contributed by atoms with Crippen molar-refractivity contribution in [1.82, 2.24) is 0 Å². The summed E-state index contributed by atoms with van der Waals surface area (Å²) in [4.78, 5) is 14.7. The lowest BCUT2D eigenvalue weighted by molar-refractivity contribution is 0.0993. The molecule has 0 radical (unpaired) electrons. The van der Waals surface area contributed by atoms with E-state index in [0.29, 0.717) is 5.02 Å². The van der Waals surface area contributed by atoms with Gasteiger partial charge in [-0.25, -0.2) is 0 Å². The summed E-state index contributed by atoms with van der Waals surface area (Å²) >= 11 is 5.99. The number of carbonyl (C=O) groups excluding carboxylic acids is 1. The Hall–Kier alpha value is -2.78. The molecule has 1 atom stereocenters. The van der Waals surface area contributed by atoms with Gasteiger partial charge in [0.15, 0.2) is 0 Å². The Labute approximate surface area is 145 Å². The monoisotopic (exact) mass is 334 g/mol. The molecule has 0 saturated heterocycles. The Bertz CT molecular complexity index is 878. The molecule has 0 bridgehead atoms. The molecular formula is C20H15ClN2O. The highest BCUT2D eigenvalue weighted by Crippen LogP contribution is 2.38. The third-order valence-corrected chi connectivity index (χ3v) is 4.40. The number of hydrogen-bond acceptors (Lipinski definition) is 2. The van der Waals surface area contributed by atoms with Gasteiger partial charge in [0.1, 0.15) is 6.17 Å². The van der Waals surface area contributed by atoms with Crippen molar-refractivity contribution < 1.29 is 4.79 Å². The number of hydrogen-bond donors (Lipinski definition) is 1. The van der Waals surface area contributed by atoms with Gasteiger partial charge in [-0.1, -0.05) is 48.0 Å². The van der Waals surface area contributed by atoms with Gasteiger partial charge < -0.3 is 5.32 Å². The molecule has 4 heteroatoms. The first-order valence-electron chi connectivity index (χ1n) is 7.74. The molecule has 118 valence electrons. The van der Waals surface area contributed by atoms with Crippen molar-refractivity contribution in [3.8, 4) is 0 Å². The normalized spacial score (nSPS) is 16.1. The molecule has 3 nitrogen and oxygen atoms in total. The second-order valence-corrected chi connectivity index (χ2v) is 6.09. The average Bonchev–Trinajstić information content (AvgIpc) is 2.89. The third-order valence-electron chi connectivity index (χ3n) is 4.14. The van der Waals surface area contributed by atoms with Gasteiger partial charge in [0.05, 0.1) is 0 Å². The number of halogens is 1. The van der Waals surface area contributed by atoms with Crippen LogP contribution in [0, 0.1) is 0 Å². The van der Waals surface area contributed by atoms with E-state index in [4.69, 9.17) is 11.6 Å². The van der Waals surface area contributed by atoms with E-state index in [1.165, 1.54) is 0 Å². The van der Waals surface area contributed by atoms with E-state index in [9.17, 15) is 4.79 Å². The zero-order chi connectivity index (χ0) is 16.5. The van der Waals surface area contributed by atoms with Crippen molar-refractivity contribution in [2.24, 2.45) is 0 Å². The minimum atomic E-state index is -0.253. The Kier molecular flexibility index (Phi) is 3.71. The fraction of sp³-hybridized carbons (Fsp3) is 0.0500. The zero-order valence-electron chi connectivity index (χ0n) is 12.8. The molecule has 0 saturated carbocycles. The molecule has 0 aromatic heterocycles. The predicted molar refractivity (Wildman–Crippen MR) is 97.5 cm³/mol. The Morgan fingerprint density at radius 2 is 1.50 bits per heavy atom. The van der Waals surface area contributed by atoms with Crippen molar-refractivity contribution in [2.45, 2.75) is 6.17 Å². The molecule has 4 rings (SSSR count). The second kappa shape index (κ2) is 6.02. The number of fused-ring (bicyclic) bond motifs is 1. The maximum Gasteiger partial charge on any atom is 0.260 e. The highest BCUT2D eigenvalue weighted by atomic mass is 35.5. The van der Waals surface area contributed by atoms with Gasteiger partial charge in [-0.2, -0.15) is 0 Å². The molecule has 0 unspecified atom stereocenters. The summed E-state index contributed by atoms with van der Waals surface area (Å²) in [5.74, 6) is -0.0126. The fourth-order valence-electron chi connectivity index (χ4n) is 3.02. The van der Waals surface area contributed by atoms with Crippen LogP contribution in [0.5, 0.6) is 0 Å². The van der Waals surface area contributed by atoms with Crippen LogP contribution >= 0.6 is 11.6 Å². The first-order valence-corrected chi connectivity index (χ1v) is 8.11. The summed E-state index contributed by atoms with van der Waals surface area (Å²) in [5.41, 5.74) is 3.47. The van der Waals surface area contributed by atoms with Gasteiger partial charge in [-0.05, 0) is 42.5 Å². The van der Waals surface area contributed by atoms with Crippen LogP contribution in [0.2, 0.25) is 5.02 Å². The minimum absolute atomic E-state index is 0.0126. The first kappa shape index (κ1) is 14.8. The number of benzene rings is 3. The molecule has 0 aliphatic carbocycles. The summed E-state index contributed by atoms with van der Waals surface area (Å²) in [5, 5.41) is 4.11. The average molecular weight is 335 g/mol. The van der Waals surface area contributed by atoms with Crippen molar-refractivity contribution in [1.29, 1.82) is 0 Å². The van der Waals surface area contributed by atoms with E-state index < -0.39 is 0 Å². The van der Waals surface area contributed by atoms with Gasteiger partial charge in [0, 0.05) is 27.5 Å². The molecule has 24 heavy (non-hydrogen) atoms. The lowest BCUT2D eigenvalue weighted by Gasteiger charge is -2.27. The topological polar surface area (TPSA) is 32.3 Å². The van der Waals surface area contributed by atoms with E-state index >= 15 is 0 Å². The number of anilines is 2. The van der Waals surface area contributed by atoms with E-state index in [1.807, 2.05) is 66.7 Å². The molecule has 0 spiro atoms. The lowest BCUT2D eigenvalue weighted by atomic mass is 10.1. The largest absolute Gasteiger partial charge is 0.361 e. The van der Waals surface area contributed by atoms with Crippen LogP contribution in [0.1, 0.15) is 22.1 Å². The number of para-hydroxylation sites is 1. The van der Waals surface area contributed by atoms with Crippen molar-refractivity contribution in [3.63, 3.8) is 0 Å². The standard InChI is InChI=1S/C20H15ClN2O/c21-14-10-12-16(13-11-14)23-19(22-15-6-2-1-3-7-15)17-8-4-5-9-18(17)20(23)24/h1-13,19,22H/t19-/m1/s1. The molecule has 1 N–H and O–H groups in total. The summed E-state index contributed by atoms with van der Waals surface area (Å²) < 4.78 is 0. The Morgan fingerprint density at radius 1 is 0.833 bits per heavy atom. The molecule has 1 amide bonds. The summed E-state index contributed by atoms with van der Waals surface area (Å²) in [7, 11) is 0. The van der Waals surface area contributed by atoms with Crippen LogP contribution in [0.4, 0.5) is 11.4 Å². The smallest absolute Gasteiger partial charge is 0.260 e. The molecule has 3 aromatic rings. The zero-order valence-corrected chi connectivity index (χ0v) is 13.6. The quantitative estimate of drug-likeness (QED) is 0.721. The summed E-state index contributed by atoms with van der Waals surface area (Å²) in [6.45, 7) is 0. The van der Waals surface area contributed by atoms with Gasteiger partial charge >= 0.3 is 0 Å². The highest BCUT2D eigenvalue weighted by molar-refractivity contribution is 6.30. The SMILES string of the molecule is O=C1c2ccccc2[C@H](Nc2ccccc2)N1c1ccc(Cl)cc1. The van der Waals surface area contributed by atoms with E-state index in [2.05, 4.69) is 5.32 Å². The maximum absolute atomic E-state index is 12.9. The van der Waals surface area contributed by atoms with E-state index in [1.54, 1.807) is 17.0 Å². The van der Waals surface area contributed by atoms with Gasteiger partial charge in [-0.3, -0.25) is 9.69 Å². The number of carbonyl (C=O) groups is 1. The van der Waals surface area contributed by atoms with Crippen LogP contribution in [-0.2, 0) is 0 Å². The van der Waals surface area contributed by atoms with E-state index in [0.717, 1.165) is 22.5 Å². The van der Waals surface area contributed by atoms with Crippen molar-refractivity contribution in [3.05, 3.63) is 95.0 Å². The van der Waals surface area contributed by atoms with Crippen LogP contribution in [0.3, 0.4) is 0 Å². The van der Waals surface area contributed by atoms with Crippen molar-refractivity contribution >= 4 is 28.9 Å². The predicted octanol–water partition coefficient (Wildman–Crippen LogP) is 5.11. The van der Waals surface area contributed by atoms with Crippen LogP contribution < -0.4 is 10.2 Å². The maximum atomic E-state index is 12.9.